The van der Waals surface area contributed by atoms with Crippen LogP contribution in [0.4, 0.5) is 0 Å². The van der Waals surface area contributed by atoms with Crippen molar-refractivity contribution in [3.8, 4) is 6.01 Å². The Hall–Kier alpha value is -1.51. The molecule has 8 heteroatoms. The van der Waals surface area contributed by atoms with E-state index in [-0.39, 0.29) is 12.1 Å². The maximum Gasteiger partial charge on any atom is 0.317 e. The molecule has 1 aliphatic rings. The predicted molar refractivity (Wildman–Crippen MR) is 97.6 cm³/mol. The van der Waals surface area contributed by atoms with Crippen molar-refractivity contribution in [2.24, 2.45) is 0 Å². The fourth-order valence-corrected chi connectivity index (χ4v) is 5.63. The second-order valence-corrected chi connectivity index (χ2v) is 9.74. The third kappa shape index (κ3) is 4.77. The van der Waals surface area contributed by atoms with Crippen molar-refractivity contribution in [3.63, 3.8) is 0 Å². The third-order valence-electron chi connectivity index (χ3n) is 4.21. The van der Waals surface area contributed by atoms with Crippen LogP contribution in [0.5, 0.6) is 6.01 Å². The summed E-state index contributed by atoms with van der Waals surface area (Å²) in [5, 5.41) is 0. The first-order chi connectivity index (χ1) is 11.8. The topological polar surface area (TPSA) is 81.2 Å². The molecule has 2 aromatic rings. The Bertz CT molecular complexity index is 820. The van der Waals surface area contributed by atoms with E-state index in [1.807, 2.05) is 32.9 Å². The average Bonchev–Trinajstić information content (AvgIpc) is 2.95. The van der Waals surface area contributed by atoms with E-state index in [0.717, 1.165) is 41.9 Å². The highest BCUT2D eigenvalue weighted by atomic mass is 32.2. The molecule has 0 atom stereocenters. The zero-order valence-corrected chi connectivity index (χ0v) is 16.3. The predicted octanol–water partition coefficient (Wildman–Crippen LogP) is 3.13. The summed E-state index contributed by atoms with van der Waals surface area (Å²) in [4.78, 5) is 9.60. The van der Waals surface area contributed by atoms with Gasteiger partial charge >= 0.3 is 6.01 Å². The van der Waals surface area contributed by atoms with E-state index >= 15 is 0 Å². The molecule has 0 spiro atoms. The third-order valence-corrected chi connectivity index (χ3v) is 7.22. The van der Waals surface area contributed by atoms with E-state index in [1.165, 1.54) is 11.3 Å². The zero-order valence-electron chi connectivity index (χ0n) is 14.7. The van der Waals surface area contributed by atoms with Crippen LogP contribution in [-0.4, -0.2) is 30.5 Å². The number of sulfonamides is 1. The number of hydrogen-bond acceptors (Lipinski definition) is 6. The van der Waals surface area contributed by atoms with Gasteiger partial charge < -0.3 is 4.74 Å². The van der Waals surface area contributed by atoms with Crippen LogP contribution in [0, 0.1) is 20.8 Å². The number of aryl methyl sites for hydroxylation is 3. The second-order valence-electron chi connectivity index (χ2n) is 6.51. The maximum atomic E-state index is 12.4. The van der Waals surface area contributed by atoms with Crippen molar-refractivity contribution in [3.05, 3.63) is 34.5 Å². The molecule has 0 aliphatic heterocycles. The van der Waals surface area contributed by atoms with E-state index < -0.39 is 10.0 Å². The van der Waals surface area contributed by atoms with Gasteiger partial charge in [0.2, 0.25) is 10.0 Å². The van der Waals surface area contributed by atoms with E-state index in [0.29, 0.717) is 10.2 Å². The Kier molecular flexibility index (Phi) is 5.41. The van der Waals surface area contributed by atoms with Crippen molar-refractivity contribution in [1.82, 2.24) is 14.7 Å². The summed E-state index contributed by atoms with van der Waals surface area (Å²) in [5.41, 5.74) is 1.77. The number of hydrogen-bond donors (Lipinski definition) is 1. The summed E-state index contributed by atoms with van der Waals surface area (Å²) in [5.74, 6) is 0. The molecule has 0 aromatic carbocycles. The summed E-state index contributed by atoms with van der Waals surface area (Å²) >= 11 is 1.30. The van der Waals surface area contributed by atoms with Gasteiger partial charge in [0.25, 0.3) is 0 Å². The van der Waals surface area contributed by atoms with Gasteiger partial charge in [-0.25, -0.2) is 23.1 Å². The second kappa shape index (κ2) is 7.39. The molecule has 1 fully saturated rings. The lowest BCUT2D eigenvalue weighted by Gasteiger charge is -2.28. The van der Waals surface area contributed by atoms with Crippen LogP contribution < -0.4 is 9.46 Å². The largest absolute Gasteiger partial charge is 0.460 e. The monoisotopic (exact) mass is 381 g/mol. The van der Waals surface area contributed by atoms with E-state index in [1.54, 1.807) is 6.07 Å². The Morgan fingerprint density at radius 3 is 2.28 bits per heavy atom. The van der Waals surface area contributed by atoms with Gasteiger partial charge in [0, 0.05) is 22.3 Å². The lowest BCUT2D eigenvalue weighted by Crippen LogP contribution is -2.39. The fourth-order valence-electron chi connectivity index (χ4n) is 3.03. The molecule has 6 nitrogen and oxygen atoms in total. The highest BCUT2D eigenvalue weighted by Crippen LogP contribution is 2.26. The van der Waals surface area contributed by atoms with Gasteiger partial charge in [-0.3, -0.25) is 0 Å². The molecule has 0 unspecified atom stereocenters. The van der Waals surface area contributed by atoms with Crippen molar-refractivity contribution in [1.29, 1.82) is 0 Å². The number of nitrogens with one attached hydrogen (secondary N) is 1. The minimum absolute atomic E-state index is 0.0333. The molecular weight excluding hydrogens is 358 g/mol. The van der Waals surface area contributed by atoms with Crippen LogP contribution in [0.25, 0.3) is 0 Å². The van der Waals surface area contributed by atoms with Gasteiger partial charge in [0.05, 0.1) is 0 Å². The van der Waals surface area contributed by atoms with Crippen molar-refractivity contribution >= 4 is 21.4 Å². The Morgan fingerprint density at radius 1 is 1.08 bits per heavy atom. The standard InChI is InChI=1S/C17H23N3O3S2/c1-11-10-12(2)19-17(18-11)23-15-7-5-14(6-8-15)20-25(21,22)16-9-4-13(3)24-16/h4,9-10,14-15,20H,5-8H2,1-3H3. The highest BCUT2D eigenvalue weighted by molar-refractivity contribution is 7.91. The molecule has 0 saturated heterocycles. The summed E-state index contributed by atoms with van der Waals surface area (Å²) in [6.45, 7) is 5.74. The van der Waals surface area contributed by atoms with Crippen molar-refractivity contribution < 1.29 is 13.2 Å². The Labute approximate surface area is 152 Å². The molecule has 0 amide bonds. The summed E-state index contributed by atoms with van der Waals surface area (Å²) in [7, 11) is -3.42. The van der Waals surface area contributed by atoms with Gasteiger partial charge in [0.1, 0.15) is 10.3 Å². The average molecular weight is 382 g/mol. The van der Waals surface area contributed by atoms with Crippen LogP contribution in [0.15, 0.2) is 22.4 Å². The number of ether oxygens (including phenoxy) is 1. The van der Waals surface area contributed by atoms with Crippen molar-refractivity contribution in [2.75, 3.05) is 0 Å². The number of rotatable bonds is 5. The molecule has 1 N–H and O–H groups in total. The summed E-state index contributed by atoms with van der Waals surface area (Å²) in [6.07, 6.45) is 3.10. The fraction of sp³-hybridized carbons (Fsp3) is 0.529. The van der Waals surface area contributed by atoms with E-state index in [2.05, 4.69) is 14.7 Å². The van der Waals surface area contributed by atoms with Crippen LogP contribution in [0.2, 0.25) is 0 Å². The first-order valence-corrected chi connectivity index (χ1v) is 10.7. The van der Waals surface area contributed by atoms with Gasteiger partial charge in [-0.2, -0.15) is 0 Å². The molecule has 136 valence electrons. The van der Waals surface area contributed by atoms with Crippen molar-refractivity contribution in [2.45, 2.75) is 62.8 Å². The minimum Gasteiger partial charge on any atom is -0.460 e. The van der Waals surface area contributed by atoms with E-state index in [9.17, 15) is 8.42 Å². The van der Waals surface area contributed by atoms with Crippen LogP contribution in [-0.2, 0) is 10.0 Å². The molecule has 0 radical (unpaired) electrons. The molecule has 0 bridgehead atoms. The normalized spacial score (nSPS) is 21.2. The molecule has 3 rings (SSSR count). The van der Waals surface area contributed by atoms with Gasteiger partial charge in [-0.1, -0.05) is 0 Å². The first kappa shape index (κ1) is 18.3. The molecule has 1 saturated carbocycles. The molecule has 1 aliphatic carbocycles. The number of aromatic nitrogens is 2. The quantitative estimate of drug-likeness (QED) is 0.860. The SMILES string of the molecule is Cc1cc(C)nc(OC2CCC(NS(=O)(=O)c3ccc(C)s3)CC2)n1. The lowest BCUT2D eigenvalue weighted by atomic mass is 9.94. The summed E-state index contributed by atoms with van der Waals surface area (Å²) < 4.78 is 33.9. The van der Waals surface area contributed by atoms with Gasteiger partial charge in [-0.15, -0.1) is 11.3 Å². The Morgan fingerprint density at radius 2 is 1.72 bits per heavy atom. The smallest absolute Gasteiger partial charge is 0.317 e. The van der Waals surface area contributed by atoms with Crippen LogP contribution in [0.1, 0.15) is 41.9 Å². The highest BCUT2D eigenvalue weighted by Gasteiger charge is 2.27. The summed E-state index contributed by atoms with van der Waals surface area (Å²) in [6, 6.07) is 5.76. The lowest BCUT2D eigenvalue weighted by molar-refractivity contribution is 0.131. The maximum absolute atomic E-state index is 12.4. The molecule has 2 aromatic heterocycles. The Balaban J connectivity index is 1.55. The zero-order chi connectivity index (χ0) is 18.0. The molecular formula is C17H23N3O3S2. The van der Waals surface area contributed by atoms with Gasteiger partial charge in [-0.05, 0) is 64.7 Å². The molecule has 25 heavy (non-hydrogen) atoms. The number of thiophene rings is 1. The van der Waals surface area contributed by atoms with Gasteiger partial charge in [0.15, 0.2) is 0 Å². The number of nitrogens with zero attached hydrogens (tertiary/aromatic N) is 2. The first-order valence-electron chi connectivity index (χ1n) is 8.39. The van der Waals surface area contributed by atoms with Crippen LogP contribution >= 0.6 is 11.3 Å². The minimum atomic E-state index is -3.42. The van der Waals surface area contributed by atoms with E-state index in [4.69, 9.17) is 4.74 Å². The van der Waals surface area contributed by atoms with Crippen LogP contribution in [0.3, 0.4) is 0 Å². The molecule has 2 heterocycles.